The second-order valence-corrected chi connectivity index (χ2v) is 7.23. The van der Waals surface area contributed by atoms with Gasteiger partial charge in [-0.05, 0) is 23.8 Å². The maximum absolute atomic E-state index is 12.4. The summed E-state index contributed by atoms with van der Waals surface area (Å²) in [7, 11) is 0. The van der Waals surface area contributed by atoms with Gasteiger partial charge in [0, 0.05) is 19.2 Å². The van der Waals surface area contributed by atoms with Crippen LogP contribution in [0.25, 0.3) is 5.65 Å². The molecule has 3 aromatic rings. The van der Waals surface area contributed by atoms with Crippen LogP contribution in [-0.2, 0) is 17.9 Å². The third-order valence-corrected chi connectivity index (χ3v) is 4.36. The van der Waals surface area contributed by atoms with Crippen LogP contribution < -0.4 is 15.4 Å². The predicted octanol–water partition coefficient (Wildman–Crippen LogP) is 2.95. The molecule has 0 bridgehead atoms. The number of fused-ring (bicyclic) bond motifs is 1. The topological polar surface area (TPSA) is 111 Å². The van der Waals surface area contributed by atoms with E-state index in [0.717, 1.165) is 0 Å². The van der Waals surface area contributed by atoms with Crippen LogP contribution in [0.5, 0.6) is 5.75 Å². The number of carbonyl (C=O) groups is 2. The standard InChI is InChI=1S/C20H18F6N6O3/c21-19(22,23)4-3-16(33)28-7-12-6-15-31-13(10-32(15)30-8-12)9-29-18(34)17-14(2-1-5-27-17)35-11-20(24,25)26/h1-2,5-6,8,10H,3-4,7,9,11H2,(H,28,33)(H,29,34). The van der Waals surface area contributed by atoms with Gasteiger partial charge < -0.3 is 15.4 Å². The summed E-state index contributed by atoms with van der Waals surface area (Å²) in [5.74, 6) is -1.88. The van der Waals surface area contributed by atoms with Crippen LogP contribution in [0.3, 0.4) is 0 Å². The van der Waals surface area contributed by atoms with E-state index in [1.165, 1.54) is 35.2 Å². The molecule has 3 heterocycles. The smallest absolute Gasteiger partial charge is 0.422 e. The monoisotopic (exact) mass is 504 g/mol. The Balaban J connectivity index is 1.58. The number of rotatable bonds is 9. The van der Waals surface area contributed by atoms with Gasteiger partial charge in [0.2, 0.25) is 5.91 Å². The van der Waals surface area contributed by atoms with Gasteiger partial charge in [-0.2, -0.15) is 31.4 Å². The number of pyridine rings is 1. The number of carbonyl (C=O) groups excluding carboxylic acids is 2. The molecule has 35 heavy (non-hydrogen) atoms. The third kappa shape index (κ3) is 8.12. The maximum Gasteiger partial charge on any atom is 0.422 e. The molecule has 3 aromatic heterocycles. The summed E-state index contributed by atoms with van der Waals surface area (Å²) in [6.45, 7) is -1.75. The Bertz CT molecular complexity index is 1190. The molecule has 15 heteroatoms. The Morgan fingerprint density at radius 2 is 1.83 bits per heavy atom. The van der Waals surface area contributed by atoms with Gasteiger partial charge in [-0.3, -0.25) is 9.59 Å². The minimum atomic E-state index is -4.59. The van der Waals surface area contributed by atoms with E-state index < -0.39 is 43.6 Å². The van der Waals surface area contributed by atoms with Crippen LogP contribution >= 0.6 is 0 Å². The van der Waals surface area contributed by atoms with Crippen molar-refractivity contribution < 1.29 is 40.7 Å². The molecular formula is C20H18F6N6O3. The van der Waals surface area contributed by atoms with E-state index in [2.05, 4.69) is 30.4 Å². The summed E-state index contributed by atoms with van der Waals surface area (Å²) >= 11 is 0. The Labute approximate surface area is 193 Å². The molecule has 0 saturated heterocycles. The summed E-state index contributed by atoms with van der Waals surface area (Å²) in [5.41, 5.74) is 0.843. The number of amides is 2. The zero-order chi connectivity index (χ0) is 25.6. The zero-order valence-electron chi connectivity index (χ0n) is 17.8. The number of aromatic nitrogens is 4. The number of hydrogen-bond acceptors (Lipinski definition) is 6. The normalized spacial score (nSPS) is 11.9. The molecule has 0 spiro atoms. The van der Waals surface area contributed by atoms with Crippen LogP contribution in [0.2, 0.25) is 0 Å². The van der Waals surface area contributed by atoms with Crippen molar-refractivity contribution >= 4 is 17.5 Å². The van der Waals surface area contributed by atoms with Crippen LogP contribution in [0, 0.1) is 0 Å². The first-order valence-corrected chi connectivity index (χ1v) is 9.99. The molecule has 2 N–H and O–H groups in total. The van der Waals surface area contributed by atoms with Gasteiger partial charge in [-0.25, -0.2) is 14.5 Å². The maximum atomic E-state index is 12.4. The molecule has 2 amide bonds. The fourth-order valence-electron chi connectivity index (χ4n) is 2.78. The molecule has 0 radical (unpaired) electrons. The molecule has 0 fully saturated rings. The van der Waals surface area contributed by atoms with E-state index in [9.17, 15) is 35.9 Å². The van der Waals surface area contributed by atoms with Crippen LogP contribution in [0.4, 0.5) is 26.3 Å². The molecule has 188 valence electrons. The quantitative estimate of drug-likeness (QED) is 0.434. The highest BCUT2D eigenvalue weighted by Gasteiger charge is 2.29. The van der Waals surface area contributed by atoms with Crippen LogP contribution in [-0.4, -0.2) is 50.4 Å². The molecule has 0 aliphatic rings. The highest BCUT2D eigenvalue weighted by Crippen LogP contribution is 2.22. The van der Waals surface area contributed by atoms with Crippen molar-refractivity contribution in [1.82, 2.24) is 30.2 Å². The number of halogens is 6. The first-order chi connectivity index (χ1) is 16.4. The molecule has 0 saturated carbocycles. The van der Waals surface area contributed by atoms with Crippen molar-refractivity contribution in [3.8, 4) is 5.75 Å². The summed E-state index contributed by atoms with van der Waals surface area (Å²) in [6.07, 6.45) is -6.81. The van der Waals surface area contributed by atoms with E-state index in [0.29, 0.717) is 16.9 Å². The zero-order valence-corrected chi connectivity index (χ0v) is 17.8. The lowest BCUT2D eigenvalue weighted by Gasteiger charge is -2.12. The molecule has 0 aliphatic carbocycles. The molecule has 3 rings (SSSR count). The lowest BCUT2D eigenvalue weighted by Crippen LogP contribution is -2.26. The lowest BCUT2D eigenvalue weighted by molar-refractivity contribution is -0.153. The number of nitrogens with zero attached hydrogens (tertiary/aromatic N) is 4. The van der Waals surface area contributed by atoms with Gasteiger partial charge in [-0.15, -0.1) is 0 Å². The second-order valence-electron chi connectivity index (χ2n) is 7.23. The Morgan fingerprint density at radius 3 is 2.54 bits per heavy atom. The number of ether oxygens (including phenoxy) is 1. The van der Waals surface area contributed by atoms with Gasteiger partial charge in [0.15, 0.2) is 23.7 Å². The largest absolute Gasteiger partial charge is 0.482 e. The number of imidazole rings is 1. The van der Waals surface area contributed by atoms with E-state index in [4.69, 9.17) is 0 Å². The fraction of sp³-hybridized carbons (Fsp3) is 0.350. The molecule has 0 unspecified atom stereocenters. The minimum absolute atomic E-state index is 0.0561. The Hall–Kier alpha value is -3.91. The van der Waals surface area contributed by atoms with Gasteiger partial charge >= 0.3 is 12.4 Å². The minimum Gasteiger partial charge on any atom is -0.482 e. The van der Waals surface area contributed by atoms with Crippen molar-refractivity contribution in [2.45, 2.75) is 38.3 Å². The number of hydrogen-bond donors (Lipinski definition) is 2. The number of alkyl halides is 6. The lowest BCUT2D eigenvalue weighted by atomic mass is 10.2. The summed E-state index contributed by atoms with van der Waals surface area (Å²) in [4.78, 5) is 32.0. The van der Waals surface area contributed by atoms with E-state index >= 15 is 0 Å². The van der Waals surface area contributed by atoms with Gasteiger partial charge in [-0.1, -0.05) is 0 Å². The van der Waals surface area contributed by atoms with Gasteiger partial charge in [0.05, 0.1) is 31.1 Å². The van der Waals surface area contributed by atoms with E-state index in [1.54, 1.807) is 6.07 Å². The number of nitrogens with one attached hydrogen (secondary N) is 2. The van der Waals surface area contributed by atoms with Gasteiger partial charge in [0.25, 0.3) is 5.91 Å². The predicted molar refractivity (Wildman–Crippen MR) is 107 cm³/mol. The van der Waals surface area contributed by atoms with Crippen molar-refractivity contribution in [2.24, 2.45) is 0 Å². The van der Waals surface area contributed by atoms with Crippen LogP contribution in [0.15, 0.2) is 36.8 Å². The molecule has 0 atom stereocenters. The molecule has 9 nitrogen and oxygen atoms in total. The first kappa shape index (κ1) is 25.7. The second kappa shape index (κ2) is 10.6. The van der Waals surface area contributed by atoms with Gasteiger partial charge in [0.1, 0.15) is 0 Å². The third-order valence-electron chi connectivity index (χ3n) is 4.36. The highest BCUT2D eigenvalue weighted by molar-refractivity contribution is 5.94. The molecule has 0 aliphatic heterocycles. The SMILES string of the molecule is O=C(CCC(F)(F)F)NCc1cnn2cc(CNC(=O)c3ncccc3OCC(F)(F)F)nc2c1. The van der Waals surface area contributed by atoms with Crippen molar-refractivity contribution in [2.75, 3.05) is 6.61 Å². The van der Waals surface area contributed by atoms with Crippen LogP contribution in [0.1, 0.15) is 34.6 Å². The summed E-state index contributed by atoms with van der Waals surface area (Å²) in [6, 6.07) is 4.06. The summed E-state index contributed by atoms with van der Waals surface area (Å²) in [5, 5.41) is 8.93. The van der Waals surface area contributed by atoms with Crippen molar-refractivity contribution in [1.29, 1.82) is 0 Å². The Morgan fingerprint density at radius 1 is 1.06 bits per heavy atom. The first-order valence-electron chi connectivity index (χ1n) is 9.99. The molecule has 0 aromatic carbocycles. The van der Waals surface area contributed by atoms with E-state index in [-0.39, 0.29) is 24.5 Å². The fourth-order valence-corrected chi connectivity index (χ4v) is 2.78. The van der Waals surface area contributed by atoms with Crippen molar-refractivity contribution in [3.63, 3.8) is 0 Å². The highest BCUT2D eigenvalue weighted by atomic mass is 19.4. The summed E-state index contributed by atoms with van der Waals surface area (Å²) < 4.78 is 79.8. The Kier molecular flexibility index (Phi) is 7.76. The molecular weight excluding hydrogens is 486 g/mol. The van der Waals surface area contributed by atoms with Crippen molar-refractivity contribution in [3.05, 3.63) is 53.7 Å². The average Bonchev–Trinajstić information content (AvgIpc) is 3.20. The average molecular weight is 504 g/mol. The van der Waals surface area contributed by atoms with E-state index in [1.807, 2.05) is 0 Å².